The zero-order chi connectivity index (χ0) is 50.3. The fraction of sp³-hybridized carbons (Fsp3) is 0.700. The lowest BCUT2D eigenvalue weighted by Gasteiger charge is -2.27. The average Bonchev–Trinajstić information content (AvgIpc) is 3.36. The number of benzene rings is 2. The summed E-state index contributed by atoms with van der Waals surface area (Å²) in [6.45, 7) is 16.7. The molecule has 1 fully saturated rings. The predicted molar refractivity (Wildman–Crippen MR) is 287 cm³/mol. The number of unbranched alkanes of at least 4 members (excludes halogenated alkanes) is 18. The van der Waals surface area contributed by atoms with Gasteiger partial charge in [0.15, 0.2) is 23.0 Å². The van der Waals surface area contributed by atoms with E-state index >= 15 is 0 Å². The summed E-state index contributed by atoms with van der Waals surface area (Å²) in [5, 5.41) is 0. The minimum absolute atomic E-state index is 0.271. The van der Waals surface area contributed by atoms with Gasteiger partial charge in [0.05, 0.1) is 39.6 Å². The molecule has 1 aliphatic carbocycles. The number of esters is 2. The number of ether oxygens (including phenoxy) is 8. The van der Waals surface area contributed by atoms with E-state index in [9.17, 15) is 9.59 Å². The van der Waals surface area contributed by atoms with Gasteiger partial charge in [-0.1, -0.05) is 157 Å². The molecular weight excluding hydrogens is 881 g/mol. The van der Waals surface area contributed by atoms with Crippen molar-refractivity contribution in [1.29, 1.82) is 0 Å². The molecule has 1 saturated carbocycles. The smallest absolute Gasteiger partial charge is 0.331 e. The summed E-state index contributed by atoms with van der Waals surface area (Å²) in [6.07, 6.45) is 34.6. The van der Waals surface area contributed by atoms with Crippen LogP contribution in [0.25, 0.3) is 12.2 Å². The summed E-state index contributed by atoms with van der Waals surface area (Å²) in [5.74, 6) is 2.94. The molecule has 1 aliphatic rings. The first-order chi connectivity index (χ1) is 34.4. The van der Waals surface area contributed by atoms with Crippen molar-refractivity contribution in [2.24, 2.45) is 0 Å². The Labute approximate surface area is 425 Å². The first-order valence-electron chi connectivity index (χ1n) is 28.3. The Morgan fingerprint density at radius 1 is 0.371 bits per heavy atom. The van der Waals surface area contributed by atoms with E-state index in [0.717, 1.165) is 127 Å². The molecule has 396 valence electrons. The van der Waals surface area contributed by atoms with Crippen LogP contribution in [0.1, 0.15) is 232 Å². The molecule has 0 radical (unpaired) electrons. The van der Waals surface area contributed by atoms with E-state index in [1.807, 2.05) is 24.3 Å². The Kier molecular flexibility index (Phi) is 33.7. The maximum absolute atomic E-state index is 13.3. The van der Waals surface area contributed by atoms with E-state index in [-0.39, 0.29) is 12.2 Å². The molecule has 0 bridgehead atoms. The molecule has 0 aliphatic heterocycles. The maximum atomic E-state index is 13.3. The largest absolute Gasteiger partial charge is 0.490 e. The number of hydrogen-bond donors (Lipinski definition) is 0. The van der Waals surface area contributed by atoms with Crippen LogP contribution in [0.5, 0.6) is 34.5 Å². The van der Waals surface area contributed by atoms with Gasteiger partial charge in [-0.15, -0.1) is 0 Å². The first-order valence-corrected chi connectivity index (χ1v) is 28.3. The summed E-state index contributed by atoms with van der Waals surface area (Å²) in [7, 11) is 0. The third kappa shape index (κ3) is 25.2. The highest BCUT2D eigenvalue weighted by Gasteiger charge is 2.26. The second-order valence-corrected chi connectivity index (χ2v) is 19.0. The van der Waals surface area contributed by atoms with Crippen molar-refractivity contribution in [1.82, 2.24) is 0 Å². The Bertz CT molecular complexity index is 1600. The van der Waals surface area contributed by atoms with Crippen LogP contribution in [0.15, 0.2) is 36.4 Å². The van der Waals surface area contributed by atoms with Gasteiger partial charge in [0.25, 0.3) is 0 Å². The van der Waals surface area contributed by atoms with Crippen molar-refractivity contribution < 1.29 is 47.5 Å². The van der Waals surface area contributed by atoms with Crippen LogP contribution in [-0.4, -0.2) is 63.8 Å². The molecular formula is C60H96O10. The predicted octanol–water partition coefficient (Wildman–Crippen LogP) is 16.6. The Balaban J connectivity index is 1.68. The molecule has 0 N–H and O–H groups in total. The second kappa shape index (κ2) is 39.3. The van der Waals surface area contributed by atoms with Crippen LogP contribution in [0.2, 0.25) is 0 Å². The van der Waals surface area contributed by atoms with Gasteiger partial charge in [0, 0.05) is 23.3 Å². The summed E-state index contributed by atoms with van der Waals surface area (Å²) in [5.41, 5.74) is 1.49. The molecule has 10 nitrogen and oxygen atoms in total. The lowest BCUT2D eigenvalue weighted by Crippen LogP contribution is -2.29. The van der Waals surface area contributed by atoms with Crippen molar-refractivity contribution in [3.05, 3.63) is 47.5 Å². The lowest BCUT2D eigenvalue weighted by molar-refractivity contribution is -0.151. The lowest BCUT2D eigenvalue weighted by atomic mass is 9.95. The monoisotopic (exact) mass is 977 g/mol. The van der Waals surface area contributed by atoms with Crippen molar-refractivity contribution in [2.75, 3.05) is 39.6 Å². The quantitative estimate of drug-likeness (QED) is 0.0362. The van der Waals surface area contributed by atoms with Crippen LogP contribution >= 0.6 is 0 Å². The van der Waals surface area contributed by atoms with Gasteiger partial charge < -0.3 is 37.9 Å². The fourth-order valence-electron chi connectivity index (χ4n) is 8.41. The minimum Gasteiger partial charge on any atom is -0.490 e. The summed E-state index contributed by atoms with van der Waals surface area (Å²) in [4.78, 5) is 26.6. The van der Waals surface area contributed by atoms with Crippen molar-refractivity contribution in [2.45, 2.75) is 234 Å². The van der Waals surface area contributed by atoms with Gasteiger partial charge in [-0.3, -0.25) is 0 Å². The highest BCUT2D eigenvalue weighted by Crippen LogP contribution is 2.43. The second-order valence-electron chi connectivity index (χ2n) is 19.0. The topological polar surface area (TPSA) is 108 Å². The van der Waals surface area contributed by atoms with E-state index in [4.69, 9.17) is 37.9 Å². The SMILES string of the molecule is CCCCCCOc1ccc(/C=C/C(=O)OC2CCC(OC(=O)/C=C/c3ccc(OCCCCCC)c(OCCCCCC)c3OCCCCCC)CC2)c(OCCCCCC)c1OCCCCCC. The molecule has 0 spiro atoms. The van der Waals surface area contributed by atoms with Crippen LogP contribution < -0.4 is 28.4 Å². The first kappa shape index (κ1) is 60.0. The Morgan fingerprint density at radius 2 is 0.643 bits per heavy atom. The van der Waals surface area contributed by atoms with E-state index in [2.05, 4.69) is 41.5 Å². The van der Waals surface area contributed by atoms with Gasteiger partial charge in [-0.2, -0.15) is 0 Å². The van der Waals surface area contributed by atoms with E-state index in [0.29, 0.717) is 99.8 Å². The molecule has 10 heteroatoms. The van der Waals surface area contributed by atoms with Crippen LogP contribution in [0.3, 0.4) is 0 Å². The van der Waals surface area contributed by atoms with Crippen molar-refractivity contribution >= 4 is 24.1 Å². The molecule has 0 unspecified atom stereocenters. The summed E-state index contributed by atoms with van der Waals surface area (Å²) < 4.78 is 50.3. The van der Waals surface area contributed by atoms with E-state index in [1.165, 1.54) is 50.7 Å². The Morgan fingerprint density at radius 3 is 0.929 bits per heavy atom. The van der Waals surface area contributed by atoms with E-state index in [1.54, 1.807) is 12.2 Å². The van der Waals surface area contributed by atoms with Crippen molar-refractivity contribution in [3.8, 4) is 34.5 Å². The van der Waals surface area contributed by atoms with Gasteiger partial charge in [0.1, 0.15) is 12.2 Å². The van der Waals surface area contributed by atoms with Crippen LogP contribution in [0, 0.1) is 0 Å². The number of hydrogen-bond acceptors (Lipinski definition) is 10. The van der Waals surface area contributed by atoms with Gasteiger partial charge in [0.2, 0.25) is 11.5 Å². The number of carbonyl (C=O) groups is 2. The normalized spacial score (nSPS) is 14.8. The summed E-state index contributed by atoms with van der Waals surface area (Å²) in [6, 6.07) is 7.74. The molecule has 0 aromatic heterocycles. The van der Waals surface area contributed by atoms with Gasteiger partial charge in [-0.25, -0.2) is 9.59 Å². The fourth-order valence-corrected chi connectivity index (χ4v) is 8.41. The molecule has 0 saturated heterocycles. The third-order valence-electron chi connectivity index (χ3n) is 12.7. The molecule has 3 rings (SSSR count). The molecule has 0 atom stereocenters. The van der Waals surface area contributed by atoms with Crippen molar-refractivity contribution in [3.63, 3.8) is 0 Å². The van der Waals surface area contributed by atoms with Crippen LogP contribution in [0.4, 0.5) is 0 Å². The van der Waals surface area contributed by atoms with Gasteiger partial charge >= 0.3 is 11.9 Å². The molecule has 2 aromatic rings. The maximum Gasteiger partial charge on any atom is 0.331 e. The summed E-state index contributed by atoms with van der Waals surface area (Å²) >= 11 is 0. The standard InChI is InChI=1S/C60H96O10/c1-7-13-19-25-43-63-53-39-31-49(57(65-45-27-21-15-9-3)59(53)67-47-29-23-17-11-5)33-41-55(61)69-51-35-37-52(38-36-51)70-56(62)42-34-50-32-40-54(64-44-26-20-14-8-2)60(68-48-30-24-18-12-6)58(50)66-46-28-22-16-10-4/h31-34,39-42,51-52H,7-30,35-38,43-48H2,1-6H3/b41-33+,42-34+. The van der Waals surface area contributed by atoms with Gasteiger partial charge in [-0.05, 0) is 101 Å². The zero-order valence-electron chi connectivity index (χ0n) is 44.9. The molecule has 0 amide bonds. The highest BCUT2D eigenvalue weighted by molar-refractivity contribution is 5.89. The molecule has 70 heavy (non-hydrogen) atoms. The Hall–Kier alpha value is -4.34. The average molecular weight is 977 g/mol. The number of carbonyl (C=O) groups excluding carboxylic acids is 2. The highest BCUT2D eigenvalue weighted by atomic mass is 16.6. The molecule has 0 heterocycles. The number of rotatable bonds is 42. The minimum atomic E-state index is -0.420. The van der Waals surface area contributed by atoms with Crippen LogP contribution in [-0.2, 0) is 19.1 Å². The molecule has 2 aromatic carbocycles. The van der Waals surface area contributed by atoms with E-state index < -0.39 is 11.9 Å². The zero-order valence-corrected chi connectivity index (χ0v) is 44.9. The third-order valence-corrected chi connectivity index (χ3v) is 12.7.